The summed E-state index contributed by atoms with van der Waals surface area (Å²) in [6, 6.07) is 7.19. The largest absolute Gasteiger partial charge is 0.477 e. The number of hydrogen-bond donors (Lipinski definition) is 2. The maximum atomic E-state index is 13.0. The van der Waals surface area contributed by atoms with Crippen LogP contribution in [0.25, 0.3) is 0 Å². The van der Waals surface area contributed by atoms with E-state index < -0.39 is 16.0 Å². The number of sulfonamides is 1. The smallest absolute Gasteiger partial charge is 0.352 e. The van der Waals surface area contributed by atoms with E-state index in [-0.39, 0.29) is 28.4 Å². The highest BCUT2D eigenvalue weighted by atomic mass is 32.2. The summed E-state index contributed by atoms with van der Waals surface area (Å²) in [5.74, 6) is -1.52. The van der Waals surface area contributed by atoms with Crippen LogP contribution < -0.4 is 4.72 Å². The molecule has 8 heteroatoms. The Kier molecular flexibility index (Phi) is 3.97. The number of aryl methyl sites for hydroxylation is 1. The summed E-state index contributed by atoms with van der Waals surface area (Å²) in [7, 11) is -2.34. The lowest BCUT2D eigenvalue weighted by Crippen LogP contribution is -2.32. The SMILES string of the molecule is Cn1cc(S(=O)(=O)NCC2(c3ccc(F)cc3)CC2)cc1C(=O)O. The van der Waals surface area contributed by atoms with E-state index in [1.54, 1.807) is 12.1 Å². The molecule has 0 amide bonds. The van der Waals surface area contributed by atoms with Gasteiger partial charge in [-0.1, -0.05) is 12.1 Å². The molecule has 0 unspecified atom stereocenters. The number of nitrogens with one attached hydrogen (secondary N) is 1. The molecule has 0 aliphatic heterocycles. The number of aromatic carboxylic acids is 1. The van der Waals surface area contributed by atoms with Gasteiger partial charge < -0.3 is 9.67 Å². The number of carboxylic acid groups (broad SMARTS) is 1. The van der Waals surface area contributed by atoms with Crippen molar-refractivity contribution in [1.82, 2.24) is 9.29 Å². The van der Waals surface area contributed by atoms with Crippen LogP contribution in [0.3, 0.4) is 0 Å². The number of carboxylic acids is 1. The Balaban J connectivity index is 1.77. The summed E-state index contributed by atoms with van der Waals surface area (Å²) in [6.07, 6.45) is 2.90. The highest BCUT2D eigenvalue weighted by Crippen LogP contribution is 2.47. The molecular formula is C16H17FN2O4S. The van der Waals surface area contributed by atoms with E-state index in [1.165, 1.54) is 29.9 Å². The Labute approximate surface area is 139 Å². The third kappa shape index (κ3) is 3.07. The monoisotopic (exact) mass is 352 g/mol. The molecule has 1 aliphatic carbocycles. The maximum absolute atomic E-state index is 13.0. The molecule has 0 radical (unpaired) electrons. The van der Waals surface area contributed by atoms with Gasteiger partial charge in [-0.25, -0.2) is 22.3 Å². The first-order valence-electron chi connectivity index (χ1n) is 7.39. The van der Waals surface area contributed by atoms with Crippen LogP contribution in [0, 0.1) is 5.82 Å². The van der Waals surface area contributed by atoms with Gasteiger partial charge in [0.2, 0.25) is 10.0 Å². The molecule has 3 rings (SSSR count). The molecule has 0 spiro atoms. The highest BCUT2D eigenvalue weighted by Gasteiger charge is 2.44. The van der Waals surface area contributed by atoms with Crippen LogP contribution in [0.5, 0.6) is 0 Å². The Hall–Kier alpha value is -2.19. The molecule has 1 aromatic carbocycles. The van der Waals surface area contributed by atoms with E-state index in [2.05, 4.69) is 4.72 Å². The average Bonchev–Trinajstić information content (AvgIpc) is 3.20. The quantitative estimate of drug-likeness (QED) is 0.831. The molecule has 1 aliphatic rings. The average molecular weight is 352 g/mol. The molecule has 2 N–H and O–H groups in total. The van der Waals surface area contributed by atoms with Crippen LogP contribution in [0.4, 0.5) is 4.39 Å². The summed E-state index contributed by atoms with van der Waals surface area (Å²) in [6.45, 7) is 0.193. The summed E-state index contributed by atoms with van der Waals surface area (Å²) < 4.78 is 41.6. The molecule has 1 saturated carbocycles. The Bertz CT molecular complexity index is 883. The molecule has 2 aromatic rings. The van der Waals surface area contributed by atoms with Gasteiger partial charge in [-0.2, -0.15) is 0 Å². The van der Waals surface area contributed by atoms with E-state index in [9.17, 15) is 17.6 Å². The molecule has 24 heavy (non-hydrogen) atoms. The predicted molar refractivity (Wildman–Crippen MR) is 84.9 cm³/mol. The van der Waals surface area contributed by atoms with Gasteiger partial charge in [-0.15, -0.1) is 0 Å². The van der Waals surface area contributed by atoms with Crippen LogP contribution in [0.15, 0.2) is 41.4 Å². The maximum Gasteiger partial charge on any atom is 0.352 e. The van der Waals surface area contributed by atoms with Crippen LogP contribution in [0.1, 0.15) is 28.9 Å². The molecule has 0 saturated heterocycles. The van der Waals surface area contributed by atoms with Gasteiger partial charge in [0.15, 0.2) is 0 Å². The lowest BCUT2D eigenvalue weighted by atomic mass is 9.96. The minimum atomic E-state index is -3.81. The Morgan fingerprint density at radius 2 is 1.96 bits per heavy atom. The van der Waals surface area contributed by atoms with E-state index in [4.69, 9.17) is 5.11 Å². The Morgan fingerprint density at radius 1 is 1.33 bits per heavy atom. The van der Waals surface area contributed by atoms with Crippen LogP contribution in [-0.2, 0) is 22.5 Å². The first kappa shape index (κ1) is 16.7. The summed E-state index contributed by atoms with van der Waals surface area (Å²) in [4.78, 5) is 10.9. The zero-order valence-electron chi connectivity index (χ0n) is 13.0. The zero-order valence-corrected chi connectivity index (χ0v) is 13.8. The minimum Gasteiger partial charge on any atom is -0.477 e. The van der Waals surface area contributed by atoms with Crippen LogP contribution in [-0.4, -0.2) is 30.6 Å². The van der Waals surface area contributed by atoms with Crippen LogP contribution >= 0.6 is 0 Å². The van der Waals surface area contributed by atoms with Crippen LogP contribution in [0.2, 0.25) is 0 Å². The molecule has 6 nitrogen and oxygen atoms in total. The number of rotatable bonds is 6. The summed E-state index contributed by atoms with van der Waals surface area (Å²) >= 11 is 0. The first-order valence-corrected chi connectivity index (χ1v) is 8.87. The zero-order chi connectivity index (χ0) is 17.5. The minimum absolute atomic E-state index is 0.0858. The van der Waals surface area contributed by atoms with Gasteiger partial charge in [-0.3, -0.25) is 0 Å². The normalized spacial score (nSPS) is 16.1. The number of hydrogen-bond acceptors (Lipinski definition) is 3. The lowest BCUT2D eigenvalue weighted by molar-refractivity contribution is 0.0686. The van der Waals surface area contributed by atoms with Gasteiger partial charge in [0.05, 0.1) is 0 Å². The number of aromatic nitrogens is 1. The summed E-state index contributed by atoms with van der Waals surface area (Å²) in [5, 5.41) is 9.02. The Morgan fingerprint density at radius 3 is 2.46 bits per heavy atom. The van der Waals surface area contributed by atoms with Crippen molar-refractivity contribution in [3.05, 3.63) is 53.6 Å². The molecule has 1 fully saturated rings. The van der Waals surface area contributed by atoms with E-state index in [0.717, 1.165) is 24.5 Å². The van der Waals surface area contributed by atoms with Gasteiger partial charge in [0.1, 0.15) is 16.4 Å². The standard InChI is InChI=1S/C16H17FN2O4S/c1-19-9-13(8-14(19)15(20)21)24(22,23)18-10-16(6-7-16)11-2-4-12(17)5-3-11/h2-5,8-9,18H,6-7,10H2,1H3,(H,20,21). The number of benzene rings is 1. The van der Waals surface area contributed by atoms with Gasteiger partial charge in [0, 0.05) is 25.2 Å². The second-order valence-corrected chi connectivity index (χ2v) is 7.86. The van der Waals surface area contributed by atoms with E-state index in [0.29, 0.717) is 0 Å². The van der Waals surface area contributed by atoms with Crippen molar-refractivity contribution >= 4 is 16.0 Å². The number of nitrogens with zero attached hydrogens (tertiary/aromatic N) is 1. The van der Waals surface area contributed by atoms with Crippen molar-refractivity contribution in [2.45, 2.75) is 23.2 Å². The highest BCUT2D eigenvalue weighted by molar-refractivity contribution is 7.89. The molecule has 128 valence electrons. The van der Waals surface area contributed by atoms with Crippen molar-refractivity contribution in [1.29, 1.82) is 0 Å². The topological polar surface area (TPSA) is 88.4 Å². The molecule has 0 atom stereocenters. The van der Waals surface area contributed by atoms with Crippen molar-refractivity contribution < 1.29 is 22.7 Å². The summed E-state index contributed by atoms with van der Waals surface area (Å²) in [5.41, 5.74) is 0.478. The second kappa shape index (κ2) is 5.71. The number of halogens is 1. The fraction of sp³-hybridized carbons (Fsp3) is 0.312. The van der Waals surface area contributed by atoms with Crippen molar-refractivity contribution in [3.63, 3.8) is 0 Å². The molecular weight excluding hydrogens is 335 g/mol. The van der Waals surface area contributed by atoms with E-state index >= 15 is 0 Å². The van der Waals surface area contributed by atoms with Gasteiger partial charge in [0.25, 0.3) is 0 Å². The third-order valence-electron chi connectivity index (χ3n) is 4.42. The second-order valence-electron chi connectivity index (χ2n) is 6.09. The molecule has 1 heterocycles. The molecule has 0 bridgehead atoms. The van der Waals surface area contributed by atoms with Crippen molar-refractivity contribution in [3.8, 4) is 0 Å². The fourth-order valence-corrected chi connectivity index (χ4v) is 3.93. The van der Waals surface area contributed by atoms with Crippen molar-refractivity contribution in [2.24, 2.45) is 7.05 Å². The molecule has 1 aromatic heterocycles. The fourth-order valence-electron chi connectivity index (χ4n) is 2.73. The van der Waals surface area contributed by atoms with Gasteiger partial charge in [-0.05, 0) is 36.6 Å². The van der Waals surface area contributed by atoms with E-state index in [1.807, 2.05) is 0 Å². The predicted octanol–water partition coefficient (Wildman–Crippen LogP) is 1.87. The first-order chi connectivity index (χ1) is 11.2. The van der Waals surface area contributed by atoms with Gasteiger partial charge >= 0.3 is 5.97 Å². The number of carbonyl (C=O) groups is 1. The third-order valence-corrected chi connectivity index (χ3v) is 5.79. The lowest BCUT2D eigenvalue weighted by Gasteiger charge is -2.16. The van der Waals surface area contributed by atoms with Crippen molar-refractivity contribution in [2.75, 3.05) is 6.54 Å².